The van der Waals surface area contributed by atoms with Crippen molar-refractivity contribution in [3.8, 4) is 0 Å². The fraction of sp³-hybridized carbons (Fsp3) is 0.667. The van der Waals surface area contributed by atoms with Crippen molar-refractivity contribution in [1.82, 2.24) is 15.6 Å². The van der Waals surface area contributed by atoms with E-state index in [-0.39, 0.29) is 24.0 Å². The van der Waals surface area contributed by atoms with E-state index in [9.17, 15) is 0 Å². The number of thiazole rings is 1. The molecule has 0 bridgehead atoms. The van der Waals surface area contributed by atoms with Gasteiger partial charge in [-0.1, -0.05) is 6.92 Å². The summed E-state index contributed by atoms with van der Waals surface area (Å²) in [5, 5.41) is 7.75. The van der Waals surface area contributed by atoms with Gasteiger partial charge in [-0.25, -0.2) is 4.98 Å². The van der Waals surface area contributed by atoms with E-state index in [1.54, 1.807) is 11.3 Å². The van der Waals surface area contributed by atoms with Crippen LogP contribution in [0, 0.1) is 5.92 Å². The molecule has 0 aromatic carbocycles. The van der Waals surface area contributed by atoms with Crippen LogP contribution in [0.3, 0.4) is 0 Å². The van der Waals surface area contributed by atoms with Gasteiger partial charge in [0.1, 0.15) is 5.01 Å². The molecule has 1 fully saturated rings. The van der Waals surface area contributed by atoms with E-state index < -0.39 is 0 Å². The average Bonchev–Trinajstić information content (AvgIpc) is 3.07. The van der Waals surface area contributed by atoms with Crippen molar-refractivity contribution in [1.29, 1.82) is 0 Å². The molecule has 0 saturated heterocycles. The minimum absolute atomic E-state index is 0. The van der Waals surface area contributed by atoms with E-state index in [0.29, 0.717) is 0 Å². The normalized spacial score (nSPS) is 15.1. The molecule has 6 heteroatoms. The maximum absolute atomic E-state index is 4.37. The largest absolute Gasteiger partial charge is 0.356 e. The minimum atomic E-state index is 0. The zero-order chi connectivity index (χ0) is 12.1. The highest BCUT2D eigenvalue weighted by molar-refractivity contribution is 14.0. The lowest BCUT2D eigenvalue weighted by molar-refractivity contribution is 0.736. The Hall–Kier alpha value is -0.370. The summed E-state index contributed by atoms with van der Waals surface area (Å²) in [6, 6.07) is 0. The third-order valence-corrected chi connectivity index (χ3v) is 3.98. The monoisotopic (exact) mass is 380 g/mol. The van der Waals surface area contributed by atoms with Gasteiger partial charge >= 0.3 is 0 Å². The minimum Gasteiger partial charge on any atom is -0.356 e. The van der Waals surface area contributed by atoms with Gasteiger partial charge < -0.3 is 10.6 Å². The van der Waals surface area contributed by atoms with E-state index in [2.05, 4.69) is 27.5 Å². The number of aliphatic imine (C=N–C) groups is 1. The second-order valence-corrected chi connectivity index (χ2v) is 5.52. The molecule has 0 spiro atoms. The van der Waals surface area contributed by atoms with E-state index in [1.165, 1.54) is 17.7 Å². The lowest BCUT2D eigenvalue weighted by Crippen LogP contribution is -2.37. The first kappa shape index (κ1) is 15.7. The second-order valence-electron chi connectivity index (χ2n) is 4.32. The zero-order valence-electron chi connectivity index (χ0n) is 10.9. The van der Waals surface area contributed by atoms with Crippen LogP contribution in [0.15, 0.2) is 11.2 Å². The van der Waals surface area contributed by atoms with Crippen molar-refractivity contribution < 1.29 is 0 Å². The Bertz CT molecular complexity index is 387. The molecular weight excluding hydrogens is 359 g/mol. The molecule has 2 N–H and O–H groups in total. The summed E-state index contributed by atoms with van der Waals surface area (Å²) in [5.74, 6) is 1.74. The predicted octanol–water partition coefficient (Wildman–Crippen LogP) is 2.40. The number of aromatic nitrogens is 1. The molecular formula is C12H21IN4S. The third-order valence-electron chi connectivity index (χ3n) is 2.84. The highest BCUT2D eigenvalue weighted by Gasteiger charge is 2.21. The molecule has 1 aromatic rings. The summed E-state index contributed by atoms with van der Waals surface area (Å²) in [5.41, 5.74) is 0. The number of halogens is 1. The fourth-order valence-corrected chi connectivity index (χ4v) is 2.34. The number of hydrogen-bond acceptors (Lipinski definition) is 3. The number of hydrogen-bond donors (Lipinski definition) is 2. The van der Waals surface area contributed by atoms with Crippen LogP contribution >= 0.6 is 35.3 Å². The van der Waals surface area contributed by atoms with Crippen molar-refractivity contribution in [3.05, 3.63) is 16.1 Å². The van der Waals surface area contributed by atoms with Crippen LogP contribution in [0.5, 0.6) is 0 Å². The van der Waals surface area contributed by atoms with Crippen LogP contribution in [0.2, 0.25) is 0 Å². The molecule has 1 heterocycles. The van der Waals surface area contributed by atoms with E-state index >= 15 is 0 Å². The first-order chi connectivity index (χ1) is 8.31. The SMILES string of the molecule is CCc1cnc(CNC(=NC)NCC2CC2)s1.I. The Morgan fingerprint density at radius 2 is 2.28 bits per heavy atom. The second kappa shape index (κ2) is 7.93. The maximum Gasteiger partial charge on any atom is 0.191 e. The summed E-state index contributed by atoms with van der Waals surface area (Å²) in [7, 11) is 1.81. The van der Waals surface area contributed by atoms with Gasteiger partial charge in [-0.3, -0.25) is 4.99 Å². The molecule has 18 heavy (non-hydrogen) atoms. The molecule has 1 aliphatic rings. The van der Waals surface area contributed by atoms with Crippen molar-refractivity contribution in [2.45, 2.75) is 32.7 Å². The van der Waals surface area contributed by atoms with Crippen molar-refractivity contribution in [3.63, 3.8) is 0 Å². The smallest absolute Gasteiger partial charge is 0.191 e. The summed E-state index contributed by atoms with van der Waals surface area (Å²) < 4.78 is 0. The summed E-state index contributed by atoms with van der Waals surface area (Å²) in [6.07, 6.45) is 5.74. The van der Waals surface area contributed by atoms with Crippen LogP contribution in [0.1, 0.15) is 29.7 Å². The Balaban J connectivity index is 0.00000162. The highest BCUT2D eigenvalue weighted by atomic mass is 127. The first-order valence-corrected chi connectivity index (χ1v) is 7.01. The van der Waals surface area contributed by atoms with Crippen molar-refractivity contribution in [2.75, 3.05) is 13.6 Å². The Kier molecular flexibility index (Phi) is 6.91. The van der Waals surface area contributed by atoms with Gasteiger partial charge in [0.15, 0.2) is 5.96 Å². The van der Waals surface area contributed by atoms with Crippen LogP contribution in [0.4, 0.5) is 0 Å². The topological polar surface area (TPSA) is 49.3 Å². The molecule has 0 amide bonds. The van der Waals surface area contributed by atoms with E-state index in [4.69, 9.17) is 0 Å². The Labute approximate surface area is 130 Å². The van der Waals surface area contributed by atoms with Crippen molar-refractivity contribution in [2.24, 2.45) is 10.9 Å². The van der Waals surface area contributed by atoms with Gasteiger partial charge in [-0.2, -0.15) is 0 Å². The fourth-order valence-electron chi connectivity index (χ4n) is 1.54. The quantitative estimate of drug-likeness (QED) is 0.469. The molecule has 0 radical (unpaired) electrons. The molecule has 1 aromatic heterocycles. The molecule has 1 aliphatic carbocycles. The first-order valence-electron chi connectivity index (χ1n) is 6.20. The standard InChI is InChI=1S/C12H20N4S.HI/c1-3-10-7-14-11(17-10)8-16-12(13-2)15-6-9-4-5-9;/h7,9H,3-6,8H2,1-2H3,(H2,13,15,16);1H. The van der Waals surface area contributed by atoms with Crippen LogP contribution in [-0.4, -0.2) is 24.5 Å². The number of aryl methyl sites for hydroxylation is 1. The van der Waals surface area contributed by atoms with Gasteiger partial charge in [0.05, 0.1) is 6.54 Å². The van der Waals surface area contributed by atoms with Gasteiger partial charge in [-0.05, 0) is 25.2 Å². The molecule has 1 saturated carbocycles. The molecule has 0 atom stereocenters. The molecule has 4 nitrogen and oxygen atoms in total. The van der Waals surface area contributed by atoms with Crippen molar-refractivity contribution >= 4 is 41.3 Å². The molecule has 102 valence electrons. The van der Waals surface area contributed by atoms with Crippen LogP contribution in [0.25, 0.3) is 0 Å². The highest BCUT2D eigenvalue weighted by Crippen LogP contribution is 2.27. The summed E-state index contributed by atoms with van der Waals surface area (Å²) in [4.78, 5) is 9.91. The van der Waals surface area contributed by atoms with Gasteiger partial charge in [-0.15, -0.1) is 35.3 Å². The van der Waals surface area contributed by atoms with E-state index in [0.717, 1.165) is 36.4 Å². The number of nitrogens with one attached hydrogen (secondary N) is 2. The number of rotatable bonds is 5. The predicted molar refractivity (Wildman–Crippen MR) is 87.8 cm³/mol. The Morgan fingerprint density at radius 1 is 1.50 bits per heavy atom. The zero-order valence-corrected chi connectivity index (χ0v) is 14.0. The van der Waals surface area contributed by atoms with Crippen LogP contribution < -0.4 is 10.6 Å². The Morgan fingerprint density at radius 3 is 2.83 bits per heavy atom. The van der Waals surface area contributed by atoms with Crippen LogP contribution in [-0.2, 0) is 13.0 Å². The van der Waals surface area contributed by atoms with Gasteiger partial charge in [0, 0.05) is 24.7 Å². The molecule has 0 unspecified atom stereocenters. The number of guanidine groups is 1. The third kappa shape index (κ3) is 5.09. The summed E-state index contributed by atoms with van der Waals surface area (Å²) >= 11 is 1.77. The lowest BCUT2D eigenvalue weighted by Gasteiger charge is -2.09. The molecule has 2 rings (SSSR count). The lowest BCUT2D eigenvalue weighted by atomic mass is 10.4. The van der Waals surface area contributed by atoms with Gasteiger partial charge in [0.25, 0.3) is 0 Å². The molecule has 0 aliphatic heterocycles. The average molecular weight is 380 g/mol. The maximum atomic E-state index is 4.37. The van der Waals surface area contributed by atoms with E-state index in [1.807, 2.05) is 13.2 Å². The van der Waals surface area contributed by atoms with Gasteiger partial charge in [0.2, 0.25) is 0 Å². The summed E-state index contributed by atoms with van der Waals surface area (Å²) in [6.45, 7) is 3.95. The number of nitrogens with zero attached hydrogens (tertiary/aromatic N) is 2.